The molecule has 1 heterocycles. The van der Waals surface area contributed by atoms with Gasteiger partial charge >= 0.3 is 0 Å². The number of aromatic nitrogens is 1. The highest BCUT2D eigenvalue weighted by molar-refractivity contribution is 5.25. The minimum atomic E-state index is 0.721. The van der Waals surface area contributed by atoms with E-state index in [1.807, 2.05) is 6.07 Å². The molecule has 4 heteroatoms. The average Bonchev–Trinajstić information content (AvgIpc) is 2.41. The lowest BCUT2D eigenvalue weighted by Gasteiger charge is -2.12. The summed E-state index contributed by atoms with van der Waals surface area (Å²) >= 11 is 0. The van der Waals surface area contributed by atoms with Crippen molar-refractivity contribution in [3.63, 3.8) is 0 Å². The Balaban J connectivity index is 2.55. The van der Waals surface area contributed by atoms with Gasteiger partial charge in [-0.1, -0.05) is 13.8 Å². The first-order valence-corrected chi connectivity index (χ1v) is 7.13. The van der Waals surface area contributed by atoms with Crippen molar-refractivity contribution in [3.05, 3.63) is 23.4 Å². The van der Waals surface area contributed by atoms with Gasteiger partial charge in [-0.3, -0.25) is 0 Å². The third-order valence-corrected chi connectivity index (χ3v) is 2.86. The number of ether oxygens (including phenoxy) is 1. The highest BCUT2D eigenvalue weighted by Gasteiger charge is 2.03. The largest absolute Gasteiger partial charge is 0.478 e. The maximum Gasteiger partial charge on any atom is 0.213 e. The number of pyridine rings is 1. The lowest BCUT2D eigenvalue weighted by molar-refractivity contribution is 0.272. The van der Waals surface area contributed by atoms with Crippen molar-refractivity contribution >= 4 is 0 Å². The molecular formula is C15H27N3O. The molecule has 0 aromatic carbocycles. The summed E-state index contributed by atoms with van der Waals surface area (Å²) in [6.07, 6.45) is 1.96. The molecule has 0 atom stereocenters. The fraction of sp³-hybridized carbons (Fsp3) is 0.667. The van der Waals surface area contributed by atoms with Crippen LogP contribution < -0.4 is 10.1 Å². The standard InChI is InChI=1S/C15H27N3O/c1-5-14-10-13(12-16-6-2)11-15(17-14)19-9-7-8-18(3)4/h10-11,16H,5-9,12H2,1-4H3. The summed E-state index contributed by atoms with van der Waals surface area (Å²) in [6.45, 7) is 7.84. The van der Waals surface area contributed by atoms with Crippen molar-refractivity contribution in [1.29, 1.82) is 0 Å². The van der Waals surface area contributed by atoms with Gasteiger partial charge in [-0.15, -0.1) is 0 Å². The highest BCUT2D eigenvalue weighted by atomic mass is 16.5. The Bertz CT molecular complexity index is 366. The molecular weight excluding hydrogens is 238 g/mol. The van der Waals surface area contributed by atoms with E-state index in [9.17, 15) is 0 Å². The van der Waals surface area contributed by atoms with Crippen LogP contribution in [0, 0.1) is 0 Å². The third kappa shape index (κ3) is 6.55. The second-order valence-electron chi connectivity index (χ2n) is 4.94. The third-order valence-electron chi connectivity index (χ3n) is 2.86. The fourth-order valence-corrected chi connectivity index (χ4v) is 1.80. The lowest BCUT2D eigenvalue weighted by Crippen LogP contribution is -2.16. The zero-order chi connectivity index (χ0) is 14.1. The molecule has 108 valence electrons. The number of nitrogens with one attached hydrogen (secondary N) is 1. The van der Waals surface area contributed by atoms with E-state index in [1.165, 1.54) is 5.56 Å². The van der Waals surface area contributed by atoms with Crippen LogP contribution in [0.15, 0.2) is 12.1 Å². The Morgan fingerprint density at radius 3 is 2.68 bits per heavy atom. The van der Waals surface area contributed by atoms with Gasteiger partial charge in [0.05, 0.1) is 6.61 Å². The normalized spacial score (nSPS) is 11.0. The summed E-state index contributed by atoms with van der Waals surface area (Å²) in [4.78, 5) is 6.68. The first-order chi connectivity index (χ1) is 9.15. The predicted molar refractivity (Wildman–Crippen MR) is 79.7 cm³/mol. The summed E-state index contributed by atoms with van der Waals surface area (Å²) in [5.41, 5.74) is 2.34. The number of hydrogen-bond acceptors (Lipinski definition) is 4. The molecule has 0 radical (unpaired) electrons. The average molecular weight is 265 g/mol. The topological polar surface area (TPSA) is 37.4 Å². The second-order valence-corrected chi connectivity index (χ2v) is 4.94. The van der Waals surface area contributed by atoms with Crippen molar-refractivity contribution in [1.82, 2.24) is 15.2 Å². The van der Waals surface area contributed by atoms with Gasteiger partial charge in [-0.05, 0) is 45.1 Å². The van der Waals surface area contributed by atoms with Gasteiger partial charge in [0.1, 0.15) is 0 Å². The quantitative estimate of drug-likeness (QED) is 0.694. The van der Waals surface area contributed by atoms with Crippen LogP contribution in [0.2, 0.25) is 0 Å². The second kappa shape index (κ2) is 8.88. The maximum absolute atomic E-state index is 5.75. The minimum absolute atomic E-state index is 0.721. The zero-order valence-corrected chi connectivity index (χ0v) is 12.7. The highest BCUT2D eigenvalue weighted by Crippen LogP contribution is 2.13. The SMILES string of the molecule is CCNCc1cc(CC)nc(OCCCN(C)C)c1. The summed E-state index contributed by atoms with van der Waals surface area (Å²) < 4.78 is 5.75. The van der Waals surface area contributed by atoms with Gasteiger partial charge in [0, 0.05) is 24.8 Å². The molecule has 1 N–H and O–H groups in total. The Kier molecular flexibility index (Phi) is 7.45. The van der Waals surface area contributed by atoms with E-state index in [-0.39, 0.29) is 0 Å². The van der Waals surface area contributed by atoms with Crippen LogP contribution in [0.4, 0.5) is 0 Å². The van der Waals surface area contributed by atoms with E-state index in [0.29, 0.717) is 0 Å². The van der Waals surface area contributed by atoms with E-state index < -0.39 is 0 Å². The van der Waals surface area contributed by atoms with Crippen LogP contribution in [0.3, 0.4) is 0 Å². The van der Waals surface area contributed by atoms with Crippen LogP contribution in [0.5, 0.6) is 5.88 Å². The van der Waals surface area contributed by atoms with Gasteiger partial charge in [0.2, 0.25) is 5.88 Å². The molecule has 0 fully saturated rings. The van der Waals surface area contributed by atoms with Gasteiger partial charge in [-0.25, -0.2) is 4.98 Å². The van der Waals surface area contributed by atoms with E-state index in [0.717, 1.165) is 50.7 Å². The van der Waals surface area contributed by atoms with E-state index in [2.05, 4.69) is 49.2 Å². The molecule has 0 spiro atoms. The first kappa shape index (κ1) is 15.9. The summed E-state index contributed by atoms with van der Waals surface area (Å²) in [5.74, 6) is 0.756. The Morgan fingerprint density at radius 1 is 1.26 bits per heavy atom. The Labute approximate surface area is 117 Å². The molecule has 0 saturated carbocycles. The van der Waals surface area contributed by atoms with Crippen LogP contribution in [-0.4, -0.2) is 43.7 Å². The number of rotatable bonds is 9. The Morgan fingerprint density at radius 2 is 2.05 bits per heavy atom. The smallest absolute Gasteiger partial charge is 0.213 e. The van der Waals surface area contributed by atoms with Crippen molar-refractivity contribution in [2.45, 2.75) is 33.2 Å². The molecule has 0 aliphatic carbocycles. The van der Waals surface area contributed by atoms with Crippen LogP contribution in [-0.2, 0) is 13.0 Å². The maximum atomic E-state index is 5.75. The summed E-state index contributed by atoms with van der Waals surface area (Å²) in [6, 6.07) is 4.19. The Hall–Kier alpha value is -1.13. The molecule has 0 aliphatic heterocycles. The summed E-state index contributed by atoms with van der Waals surface area (Å²) in [5, 5.41) is 3.34. The number of nitrogens with zero attached hydrogens (tertiary/aromatic N) is 2. The minimum Gasteiger partial charge on any atom is -0.478 e. The first-order valence-electron chi connectivity index (χ1n) is 7.13. The molecule has 4 nitrogen and oxygen atoms in total. The lowest BCUT2D eigenvalue weighted by atomic mass is 10.2. The molecule has 0 aliphatic rings. The van der Waals surface area contributed by atoms with Gasteiger partial charge in [-0.2, -0.15) is 0 Å². The van der Waals surface area contributed by atoms with Gasteiger partial charge < -0.3 is 15.0 Å². The van der Waals surface area contributed by atoms with Crippen molar-refractivity contribution in [3.8, 4) is 5.88 Å². The summed E-state index contributed by atoms with van der Waals surface area (Å²) in [7, 11) is 4.15. The van der Waals surface area contributed by atoms with Crippen molar-refractivity contribution in [2.75, 3.05) is 33.8 Å². The van der Waals surface area contributed by atoms with Gasteiger partial charge in [0.25, 0.3) is 0 Å². The zero-order valence-electron chi connectivity index (χ0n) is 12.7. The van der Waals surface area contributed by atoms with E-state index in [1.54, 1.807) is 0 Å². The van der Waals surface area contributed by atoms with Crippen LogP contribution >= 0.6 is 0 Å². The molecule has 0 amide bonds. The number of aryl methyl sites for hydroxylation is 1. The van der Waals surface area contributed by atoms with E-state index >= 15 is 0 Å². The predicted octanol–water partition coefficient (Wildman–Crippen LogP) is 2.08. The molecule has 1 aromatic heterocycles. The van der Waals surface area contributed by atoms with Crippen molar-refractivity contribution < 1.29 is 4.74 Å². The monoisotopic (exact) mass is 265 g/mol. The van der Waals surface area contributed by atoms with Crippen LogP contribution in [0.1, 0.15) is 31.5 Å². The molecule has 0 saturated heterocycles. The molecule has 0 bridgehead atoms. The molecule has 0 unspecified atom stereocenters. The van der Waals surface area contributed by atoms with Crippen LogP contribution in [0.25, 0.3) is 0 Å². The van der Waals surface area contributed by atoms with E-state index in [4.69, 9.17) is 4.74 Å². The van der Waals surface area contributed by atoms with Gasteiger partial charge in [0.15, 0.2) is 0 Å². The fourth-order valence-electron chi connectivity index (χ4n) is 1.80. The van der Waals surface area contributed by atoms with Crippen molar-refractivity contribution in [2.24, 2.45) is 0 Å². The molecule has 1 aromatic rings. The molecule has 19 heavy (non-hydrogen) atoms. The number of hydrogen-bond donors (Lipinski definition) is 1. The molecule has 1 rings (SSSR count).